The average Bonchev–Trinajstić information content (AvgIpc) is 3.17. The van der Waals surface area contributed by atoms with Crippen LogP contribution in [-0.4, -0.2) is 37.8 Å². The molecule has 0 saturated carbocycles. The number of fused-ring (bicyclic) bond motifs is 1. The molecule has 28 heavy (non-hydrogen) atoms. The van der Waals surface area contributed by atoms with Gasteiger partial charge in [-0.25, -0.2) is 4.79 Å². The van der Waals surface area contributed by atoms with E-state index in [0.717, 1.165) is 33.4 Å². The lowest BCUT2D eigenvalue weighted by atomic mass is 9.98. The second kappa shape index (κ2) is 7.88. The Morgan fingerprint density at radius 3 is 2.61 bits per heavy atom. The van der Waals surface area contributed by atoms with Crippen LogP contribution in [-0.2, 0) is 29.5 Å². The van der Waals surface area contributed by atoms with Crippen LogP contribution >= 0.6 is 0 Å². The maximum Gasteiger partial charge on any atom is 0.326 e. The molecule has 0 aliphatic heterocycles. The number of aromatic amines is 1. The molecule has 2 unspecified atom stereocenters. The number of aryl methyl sites for hydroxylation is 2. The highest BCUT2D eigenvalue weighted by molar-refractivity contribution is 5.87. The molecule has 3 N–H and O–H groups in total. The quantitative estimate of drug-likeness (QED) is 0.584. The third kappa shape index (κ3) is 3.93. The van der Waals surface area contributed by atoms with Crippen LogP contribution < -0.4 is 5.32 Å². The summed E-state index contributed by atoms with van der Waals surface area (Å²) in [6, 6.07) is 6.73. The number of H-pyrrole nitrogens is 1. The predicted molar refractivity (Wildman–Crippen MR) is 107 cm³/mol. The van der Waals surface area contributed by atoms with Crippen molar-refractivity contribution in [3.8, 4) is 0 Å². The molecule has 0 fully saturated rings. The topological polar surface area (TPSA) is 100 Å². The number of carbonyl (C=O) groups excluding carboxylic acids is 1. The second-order valence-corrected chi connectivity index (χ2v) is 7.34. The largest absolute Gasteiger partial charge is 0.480 e. The van der Waals surface area contributed by atoms with Crippen LogP contribution in [0.2, 0.25) is 0 Å². The standard InChI is InChI=1S/C21H26N4O3/c1-12(9-17-13(2)24-25(4)14(17)3)20(26)23-19(21(27)28)10-15-11-22-18-8-6-5-7-16(15)18/h5-8,11-12,19,22H,9-10H2,1-4H3,(H,23,26)(H,27,28). The van der Waals surface area contributed by atoms with Gasteiger partial charge in [0, 0.05) is 42.2 Å². The van der Waals surface area contributed by atoms with Gasteiger partial charge in [0.1, 0.15) is 6.04 Å². The van der Waals surface area contributed by atoms with E-state index in [2.05, 4.69) is 15.4 Å². The van der Waals surface area contributed by atoms with Gasteiger partial charge in [-0.3, -0.25) is 9.48 Å². The highest BCUT2D eigenvalue weighted by atomic mass is 16.4. The molecule has 0 radical (unpaired) electrons. The zero-order chi connectivity index (χ0) is 20.4. The summed E-state index contributed by atoms with van der Waals surface area (Å²) in [5.74, 6) is -1.67. The van der Waals surface area contributed by atoms with Gasteiger partial charge < -0.3 is 15.4 Å². The van der Waals surface area contributed by atoms with Crippen LogP contribution in [0.3, 0.4) is 0 Å². The van der Waals surface area contributed by atoms with Gasteiger partial charge in [-0.05, 0) is 37.5 Å². The van der Waals surface area contributed by atoms with Gasteiger partial charge in [-0.15, -0.1) is 0 Å². The van der Waals surface area contributed by atoms with Crippen LogP contribution in [0.4, 0.5) is 0 Å². The van der Waals surface area contributed by atoms with E-state index in [-0.39, 0.29) is 18.2 Å². The molecule has 0 saturated heterocycles. The Hall–Kier alpha value is -3.09. The number of aromatic nitrogens is 3. The summed E-state index contributed by atoms with van der Waals surface area (Å²) in [7, 11) is 1.87. The maximum absolute atomic E-state index is 12.7. The first-order valence-electron chi connectivity index (χ1n) is 9.35. The van der Waals surface area contributed by atoms with E-state index >= 15 is 0 Å². The van der Waals surface area contributed by atoms with Crippen molar-refractivity contribution in [2.75, 3.05) is 0 Å². The molecule has 1 amide bonds. The van der Waals surface area contributed by atoms with Crippen molar-refractivity contribution in [3.63, 3.8) is 0 Å². The molecule has 148 valence electrons. The monoisotopic (exact) mass is 382 g/mol. The Balaban J connectivity index is 1.71. The first-order valence-corrected chi connectivity index (χ1v) is 9.35. The Labute approximate surface area is 163 Å². The number of rotatable bonds is 7. The zero-order valence-electron chi connectivity index (χ0n) is 16.6. The molecule has 2 heterocycles. The Morgan fingerprint density at radius 2 is 1.96 bits per heavy atom. The molecule has 2 atom stereocenters. The van der Waals surface area contributed by atoms with E-state index in [1.54, 1.807) is 10.9 Å². The molecule has 0 spiro atoms. The third-order valence-electron chi connectivity index (χ3n) is 5.33. The fourth-order valence-electron chi connectivity index (χ4n) is 3.55. The molecule has 0 aliphatic carbocycles. The minimum Gasteiger partial charge on any atom is -0.480 e. The summed E-state index contributed by atoms with van der Waals surface area (Å²) < 4.78 is 1.80. The number of benzene rings is 1. The van der Waals surface area contributed by atoms with Gasteiger partial charge in [0.05, 0.1) is 5.69 Å². The number of carboxylic acid groups (broad SMARTS) is 1. The molecule has 3 aromatic rings. The van der Waals surface area contributed by atoms with E-state index in [1.165, 1.54) is 0 Å². The van der Waals surface area contributed by atoms with Crippen LogP contribution in [0.5, 0.6) is 0 Å². The normalized spacial score (nSPS) is 13.4. The number of para-hydroxylation sites is 1. The molecule has 0 bridgehead atoms. The fourth-order valence-corrected chi connectivity index (χ4v) is 3.55. The number of carboxylic acids is 1. The van der Waals surface area contributed by atoms with Crippen molar-refractivity contribution < 1.29 is 14.7 Å². The highest BCUT2D eigenvalue weighted by Crippen LogP contribution is 2.20. The van der Waals surface area contributed by atoms with E-state index in [0.29, 0.717) is 6.42 Å². The number of carbonyl (C=O) groups is 2. The Bertz CT molecular complexity index is 1020. The Morgan fingerprint density at radius 1 is 1.25 bits per heavy atom. The van der Waals surface area contributed by atoms with E-state index in [4.69, 9.17) is 0 Å². The summed E-state index contributed by atoms with van der Waals surface area (Å²) >= 11 is 0. The minimum absolute atomic E-state index is 0.225. The molecule has 0 aliphatic rings. The maximum atomic E-state index is 12.7. The summed E-state index contributed by atoms with van der Waals surface area (Å²) in [6.45, 7) is 5.70. The van der Waals surface area contributed by atoms with Gasteiger partial charge >= 0.3 is 5.97 Å². The van der Waals surface area contributed by atoms with E-state index in [1.807, 2.05) is 52.1 Å². The first-order chi connectivity index (χ1) is 13.3. The van der Waals surface area contributed by atoms with Gasteiger partial charge in [-0.1, -0.05) is 25.1 Å². The average molecular weight is 382 g/mol. The van der Waals surface area contributed by atoms with E-state index < -0.39 is 12.0 Å². The minimum atomic E-state index is -1.04. The zero-order valence-corrected chi connectivity index (χ0v) is 16.6. The second-order valence-electron chi connectivity index (χ2n) is 7.34. The lowest BCUT2D eigenvalue weighted by Crippen LogP contribution is -2.44. The van der Waals surface area contributed by atoms with Gasteiger partial charge in [0.2, 0.25) is 5.91 Å². The van der Waals surface area contributed by atoms with Crippen molar-refractivity contribution >= 4 is 22.8 Å². The van der Waals surface area contributed by atoms with Gasteiger partial charge in [0.25, 0.3) is 0 Å². The molecule has 7 nitrogen and oxygen atoms in total. The smallest absolute Gasteiger partial charge is 0.326 e. The SMILES string of the molecule is Cc1nn(C)c(C)c1CC(C)C(=O)NC(Cc1c[nH]c2ccccc12)C(=O)O. The lowest BCUT2D eigenvalue weighted by Gasteiger charge is -2.18. The van der Waals surface area contributed by atoms with Crippen molar-refractivity contribution in [3.05, 3.63) is 53.0 Å². The summed E-state index contributed by atoms with van der Waals surface area (Å²) in [5.41, 5.74) is 4.77. The summed E-state index contributed by atoms with van der Waals surface area (Å²) in [5, 5.41) is 17.7. The highest BCUT2D eigenvalue weighted by Gasteiger charge is 2.25. The van der Waals surface area contributed by atoms with E-state index in [9.17, 15) is 14.7 Å². The third-order valence-corrected chi connectivity index (χ3v) is 5.33. The molecular formula is C21H26N4O3. The Kier molecular flexibility index (Phi) is 5.53. The van der Waals surface area contributed by atoms with Gasteiger partial charge in [-0.2, -0.15) is 5.10 Å². The predicted octanol–water partition coefficient (Wildman–Crippen LogP) is 2.51. The number of amides is 1. The van der Waals surface area contributed by atoms with Crippen molar-refractivity contribution in [2.45, 2.75) is 39.7 Å². The van der Waals surface area contributed by atoms with Crippen LogP contribution in [0.1, 0.15) is 29.4 Å². The molecule has 3 rings (SSSR count). The number of aliphatic carboxylic acids is 1. The molecule has 7 heteroatoms. The molecule has 1 aromatic carbocycles. The fraction of sp³-hybridized carbons (Fsp3) is 0.381. The number of nitrogens with zero attached hydrogens (tertiary/aromatic N) is 2. The first kappa shape index (κ1) is 19.7. The van der Waals surface area contributed by atoms with Crippen LogP contribution in [0.25, 0.3) is 10.9 Å². The van der Waals surface area contributed by atoms with Crippen LogP contribution in [0, 0.1) is 19.8 Å². The molecule has 2 aromatic heterocycles. The number of hydrogen-bond acceptors (Lipinski definition) is 3. The van der Waals surface area contributed by atoms with Crippen molar-refractivity contribution in [1.82, 2.24) is 20.1 Å². The molecular weight excluding hydrogens is 356 g/mol. The van der Waals surface area contributed by atoms with Crippen LogP contribution in [0.15, 0.2) is 30.5 Å². The lowest BCUT2D eigenvalue weighted by molar-refractivity contribution is -0.142. The van der Waals surface area contributed by atoms with Gasteiger partial charge in [0.15, 0.2) is 0 Å². The van der Waals surface area contributed by atoms with Crippen molar-refractivity contribution in [1.29, 1.82) is 0 Å². The summed E-state index contributed by atoms with van der Waals surface area (Å²) in [6.07, 6.45) is 2.55. The number of hydrogen-bond donors (Lipinski definition) is 3. The number of nitrogens with one attached hydrogen (secondary N) is 2. The van der Waals surface area contributed by atoms with Crippen molar-refractivity contribution in [2.24, 2.45) is 13.0 Å². The summed E-state index contributed by atoms with van der Waals surface area (Å²) in [4.78, 5) is 27.6.